The summed E-state index contributed by atoms with van der Waals surface area (Å²) >= 11 is 0. The second kappa shape index (κ2) is 9.22. The molecule has 1 saturated heterocycles. The summed E-state index contributed by atoms with van der Waals surface area (Å²) in [4.78, 5) is 17.1. The number of rotatable bonds is 5. The van der Waals surface area contributed by atoms with Gasteiger partial charge in [-0.1, -0.05) is 6.92 Å². The van der Waals surface area contributed by atoms with E-state index >= 15 is 0 Å². The van der Waals surface area contributed by atoms with Crippen molar-refractivity contribution < 1.29 is 13.6 Å². The molecule has 29 heavy (non-hydrogen) atoms. The molecule has 1 aliphatic rings. The molecule has 2 aromatic rings. The number of benzene rings is 2. The lowest BCUT2D eigenvalue weighted by molar-refractivity contribution is 0.249. The quantitative estimate of drug-likeness (QED) is 0.784. The summed E-state index contributed by atoms with van der Waals surface area (Å²) in [7, 11) is 0. The Balaban J connectivity index is 1.72. The van der Waals surface area contributed by atoms with Gasteiger partial charge in [0.2, 0.25) is 0 Å². The number of carbonyl (C=O) groups is 1. The number of hydrogen-bond donors (Lipinski definition) is 2. The maximum absolute atomic E-state index is 14.0. The number of urea groups is 1. The standard InChI is InChI=1S/C22H28F2N4O/c1-4-27-9-11-28(12-10-27)21-8-6-18(24)14-19(21)16(3)25-22(29)26-20-7-5-17(23)13-15(20)2/h5-8,13-14,16H,4,9-12H2,1-3H3,(H2,25,26,29). The third-order valence-electron chi connectivity index (χ3n) is 5.40. The first-order valence-electron chi connectivity index (χ1n) is 9.97. The minimum absolute atomic E-state index is 0.334. The smallest absolute Gasteiger partial charge is 0.319 e. The Morgan fingerprint density at radius 1 is 1.07 bits per heavy atom. The third kappa shape index (κ3) is 5.23. The van der Waals surface area contributed by atoms with E-state index in [0.29, 0.717) is 11.3 Å². The number of nitrogens with one attached hydrogen (secondary N) is 2. The molecule has 2 amide bonds. The zero-order chi connectivity index (χ0) is 21.0. The zero-order valence-corrected chi connectivity index (χ0v) is 17.1. The number of aryl methyl sites for hydroxylation is 1. The van der Waals surface area contributed by atoms with Gasteiger partial charge in [0.05, 0.1) is 6.04 Å². The summed E-state index contributed by atoms with van der Waals surface area (Å²) in [5.41, 5.74) is 2.84. The van der Waals surface area contributed by atoms with E-state index in [1.807, 2.05) is 6.92 Å². The summed E-state index contributed by atoms with van der Waals surface area (Å²) < 4.78 is 27.2. The second-order valence-corrected chi connectivity index (χ2v) is 7.40. The Labute approximate surface area is 170 Å². The van der Waals surface area contributed by atoms with E-state index in [4.69, 9.17) is 0 Å². The highest BCUT2D eigenvalue weighted by molar-refractivity contribution is 5.90. The SMILES string of the molecule is CCN1CCN(c2ccc(F)cc2C(C)NC(=O)Nc2ccc(F)cc2C)CC1. The highest BCUT2D eigenvalue weighted by Crippen LogP contribution is 2.28. The van der Waals surface area contributed by atoms with Crippen molar-refractivity contribution in [2.24, 2.45) is 0 Å². The molecule has 0 saturated carbocycles. The first-order valence-corrected chi connectivity index (χ1v) is 9.97. The van der Waals surface area contributed by atoms with Crippen LogP contribution in [-0.4, -0.2) is 43.7 Å². The molecular formula is C22H28F2N4O. The molecule has 0 aliphatic carbocycles. The highest BCUT2D eigenvalue weighted by Gasteiger charge is 2.22. The predicted octanol–water partition coefficient (Wildman–Crippen LogP) is 4.30. The van der Waals surface area contributed by atoms with Gasteiger partial charge >= 0.3 is 6.03 Å². The molecule has 1 fully saturated rings. The van der Waals surface area contributed by atoms with Gasteiger partial charge in [0.25, 0.3) is 0 Å². The molecule has 3 rings (SSSR count). The van der Waals surface area contributed by atoms with E-state index in [9.17, 15) is 13.6 Å². The van der Waals surface area contributed by atoms with Crippen LogP contribution in [0.25, 0.3) is 0 Å². The summed E-state index contributed by atoms with van der Waals surface area (Å²) in [6.07, 6.45) is 0. The van der Waals surface area contributed by atoms with Gasteiger partial charge in [0, 0.05) is 43.1 Å². The van der Waals surface area contributed by atoms with Crippen LogP contribution < -0.4 is 15.5 Å². The monoisotopic (exact) mass is 402 g/mol. The van der Waals surface area contributed by atoms with Crippen LogP contribution in [-0.2, 0) is 0 Å². The summed E-state index contributed by atoms with van der Waals surface area (Å²) in [5.74, 6) is -0.686. The topological polar surface area (TPSA) is 47.6 Å². The number of hydrogen-bond acceptors (Lipinski definition) is 3. The maximum Gasteiger partial charge on any atom is 0.319 e. The summed E-state index contributed by atoms with van der Waals surface area (Å²) in [6, 6.07) is 8.09. The van der Waals surface area contributed by atoms with Gasteiger partial charge in [0.15, 0.2) is 0 Å². The molecule has 2 N–H and O–H groups in total. The Morgan fingerprint density at radius 3 is 2.38 bits per heavy atom. The fourth-order valence-corrected chi connectivity index (χ4v) is 3.67. The first kappa shape index (κ1) is 21.0. The maximum atomic E-state index is 14.0. The Kier molecular flexibility index (Phi) is 6.69. The average molecular weight is 402 g/mol. The Morgan fingerprint density at radius 2 is 1.72 bits per heavy atom. The van der Waals surface area contributed by atoms with E-state index in [0.717, 1.165) is 44.0 Å². The van der Waals surface area contributed by atoms with Crippen molar-refractivity contribution in [1.29, 1.82) is 0 Å². The second-order valence-electron chi connectivity index (χ2n) is 7.40. The number of piperazine rings is 1. The predicted molar refractivity (Wildman–Crippen MR) is 112 cm³/mol. The van der Waals surface area contributed by atoms with Gasteiger partial charge in [-0.25, -0.2) is 13.6 Å². The lowest BCUT2D eigenvalue weighted by Gasteiger charge is -2.37. The van der Waals surface area contributed by atoms with Crippen LogP contribution in [0.5, 0.6) is 0 Å². The number of halogens is 2. The molecular weight excluding hydrogens is 374 g/mol. The molecule has 2 aromatic carbocycles. The molecule has 0 aromatic heterocycles. The van der Waals surface area contributed by atoms with E-state index in [2.05, 4.69) is 27.4 Å². The third-order valence-corrected chi connectivity index (χ3v) is 5.40. The van der Waals surface area contributed by atoms with Crippen molar-refractivity contribution in [2.45, 2.75) is 26.8 Å². The van der Waals surface area contributed by atoms with Crippen molar-refractivity contribution in [3.8, 4) is 0 Å². The number of nitrogens with zero attached hydrogens (tertiary/aromatic N) is 2. The van der Waals surface area contributed by atoms with Crippen LogP contribution in [0.1, 0.15) is 31.0 Å². The Bertz CT molecular complexity index is 866. The number of amides is 2. The number of carbonyl (C=O) groups excluding carboxylic acids is 1. The van der Waals surface area contributed by atoms with Gasteiger partial charge in [-0.05, 0) is 62.4 Å². The minimum Gasteiger partial charge on any atom is -0.369 e. The van der Waals surface area contributed by atoms with Crippen LogP contribution in [0, 0.1) is 18.6 Å². The fraction of sp³-hybridized carbons (Fsp3) is 0.409. The van der Waals surface area contributed by atoms with E-state index in [-0.39, 0.29) is 11.6 Å². The van der Waals surface area contributed by atoms with Crippen LogP contribution in [0.2, 0.25) is 0 Å². The molecule has 1 atom stereocenters. The van der Waals surface area contributed by atoms with Gasteiger partial charge in [0.1, 0.15) is 11.6 Å². The molecule has 1 aliphatic heterocycles. The van der Waals surface area contributed by atoms with Crippen molar-refractivity contribution in [3.63, 3.8) is 0 Å². The first-order chi connectivity index (χ1) is 13.9. The van der Waals surface area contributed by atoms with Gasteiger partial charge < -0.3 is 20.4 Å². The average Bonchev–Trinajstić information content (AvgIpc) is 2.70. The molecule has 5 nitrogen and oxygen atoms in total. The normalized spacial score (nSPS) is 15.8. The summed E-state index contributed by atoms with van der Waals surface area (Å²) in [5, 5.41) is 5.60. The molecule has 156 valence electrons. The molecule has 0 bridgehead atoms. The minimum atomic E-state index is -0.418. The van der Waals surface area contributed by atoms with Gasteiger partial charge in [-0.3, -0.25) is 0 Å². The molecule has 7 heteroatoms. The van der Waals surface area contributed by atoms with Crippen LogP contribution in [0.15, 0.2) is 36.4 Å². The van der Waals surface area contributed by atoms with Crippen LogP contribution >= 0.6 is 0 Å². The van der Waals surface area contributed by atoms with Crippen molar-refractivity contribution in [3.05, 3.63) is 59.2 Å². The van der Waals surface area contributed by atoms with E-state index < -0.39 is 12.1 Å². The molecule has 0 radical (unpaired) electrons. The fourth-order valence-electron chi connectivity index (χ4n) is 3.67. The van der Waals surface area contributed by atoms with Crippen molar-refractivity contribution in [1.82, 2.24) is 10.2 Å². The highest BCUT2D eigenvalue weighted by atomic mass is 19.1. The van der Waals surface area contributed by atoms with Crippen molar-refractivity contribution >= 4 is 17.4 Å². The van der Waals surface area contributed by atoms with E-state index in [1.165, 1.54) is 30.3 Å². The number of anilines is 2. The number of likely N-dealkylation sites (N-methyl/N-ethyl adjacent to an activating group) is 1. The van der Waals surface area contributed by atoms with Crippen LogP contribution in [0.4, 0.5) is 25.0 Å². The van der Waals surface area contributed by atoms with Crippen molar-refractivity contribution in [2.75, 3.05) is 42.9 Å². The largest absolute Gasteiger partial charge is 0.369 e. The lowest BCUT2D eigenvalue weighted by atomic mass is 10.0. The van der Waals surface area contributed by atoms with Gasteiger partial charge in [-0.2, -0.15) is 0 Å². The lowest BCUT2D eigenvalue weighted by Crippen LogP contribution is -2.46. The summed E-state index contributed by atoms with van der Waals surface area (Å²) in [6.45, 7) is 10.4. The van der Waals surface area contributed by atoms with E-state index in [1.54, 1.807) is 13.0 Å². The Hall–Kier alpha value is -2.67. The van der Waals surface area contributed by atoms with Gasteiger partial charge in [-0.15, -0.1) is 0 Å². The zero-order valence-electron chi connectivity index (χ0n) is 17.1. The molecule has 1 unspecified atom stereocenters. The molecule has 0 spiro atoms. The molecule has 1 heterocycles. The van der Waals surface area contributed by atoms with Crippen LogP contribution in [0.3, 0.4) is 0 Å².